The third-order valence-electron chi connectivity index (χ3n) is 3.15. The summed E-state index contributed by atoms with van der Waals surface area (Å²) in [5.41, 5.74) is 0.0830. The van der Waals surface area contributed by atoms with Crippen molar-refractivity contribution in [1.29, 1.82) is 0 Å². The van der Waals surface area contributed by atoms with Crippen LogP contribution >= 0.6 is 11.6 Å². The summed E-state index contributed by atoms with van der Waals surface area (Å²) in [6.07, 6.45) is 2.04. The molecule has 0 amide bonds. The van der Waals surface area contributed by atoms with Gasteiger partial charge in [-0.05, 0) is 12.3 Å². The van der Waals surface area contributed by atoms with E-state index in [1.807, 2.05) is 0 Å². The standard InChI is InChI=1S/C10H14ClF2N3/c11-6-8-9(10(12)13)16(15-14-8)5-4-7-2-1-3-7/h7,10H,1-6H2. The molecule has 1 aromatic heterocycles. The maximum atomic E-state index is 12.8. The van der Waals surface area contributed by atoms with E-state index in [0.29, 0.717) is 12.5 Å². The van der Waals surface area contributed by atoms with E-state index < -0.39 is 6.43 Å². The van der Waals surface area contributed by atoms with Gasteiger partial charge in [-0.25, -0.2) is 13.5 Å². The molecule has 90 valence electrons. The third kappa shape index (κ3) is 2.34. The quantitative estimate of drug-likeness (QED) is 0.751. The summed E-state index contributed by atoms with van der Waals surface area (Å²) >= 11 is 5.54. The van der Waals surface area contributed by atoms with Crippen LogP contribution < -0.4 is 0 Å². The zero-order chi connectivity index (χ0) is 11.5. The van der Waals surface area contributed by atoms with E-state index in [-0.39, 0.29) is 17.3 Å². The van der Waals surface area contributed by atoms with Crippen molar-refractivity contribution >= 4 is 11.6 Å². The zero-order valence-electron chi connectivity index (χ0n) is 8.87. The van der Waals surface area contributed by atoms with E-state index in [0.717, 1.165) is 6.42 Å². The van der Waals surface area contributed by atoms with Crippen molar-refractivity contribution in [3.05, 3.63) is 11.4 Å². The Hall–Kier alpha value is -0.710. The van der Waals surface area contributed by atoms with Gasteiger partial charge in [-0.3, -0.25) is 0 Å². The summed E-state index contributed by atoms with van der Waals surface area (Å²) in [6, 6.07) is 0. The molecule has 0 aliphatic heterocycles. The summed E-state index contributed by atoms with van der Waals surface area (Å²) in [5, 5.41) is 7.42. The Bertz CT molecular complexity index is 350. The average molecular weight is 250 g/mol. The molecule has 0 N–H and O–H groups in total. The molecular formula is C10H14ClF2N3. The second kappa shape index (κ2) is 5.08. The normalized spacial score (nSPS) is 16.8. The first-order chi connectivity index (χ1) is 7.72. The molecule has 0 spiro atoms. The second-order valence-electron chi connectivity index (χ2n) is 4.16. The number of nitrogens with zero attached hydrogens (tertiary/aromatic N) is 3. The molecule has 1 saturated carbocycles. The highest BCUT2D eigenvalue weighted by atomic mass is 35.5. The Morgan fingerprint density at radius 1 is 1.44 bits per heavy atom. The molecule has 1 aliphatic carbocycles. The summed E-state index contributed by atoms with van der Waals surface area (Å²) in [4.78, 5) is 0. The predicted molar refractivity (Wildman–Crippen MR) is 56.5 cm³/mol. The topological polar surface area (TPSA) is 30.7 Å². The minimum absolute atomic E-state index is 0.0108. The largest absolute Gasteiger partial charge is 0.281 e. The number of aryl methyl sites for hydroxylation is 1. The van der Waals surface area contributed by atoms with Gasteiger partial charge in [-0.15, -0.1) is 16.7 Å². The lowest BCUT2D eigenvalue weighted by Gasteiger charge is -2.25. The van der Waals surface area contributed by atoms with Crippen LogP contribution in [0.4, 0.5) is 8.78 Å². The van der Waals surface area contributed by atoms with Gasteiger partial charge in [0.25, 0.3) is 6.43 Å². The van der Waals surface area contributed by atoms with Gasteiger partial charge in [0.05, 0.1) is 5.88 Å². The fourth-order valence-electron chi connectivity index (χ4n) is 1.94. The van der Waals surface area contributed by atoms with E-state index >= 15 is 0 Å². The summed E-state index contributed by atoms with van der Waals surface area (Å²) < 4.78 is 26.8. The van der Waals surface area contributed by atoms with E-state index in [1.54, 1.807) is 0 Å². The Balaban J connectivity index is 2.03. The molecule has 1 fully saturated rings. The van der Waals surface area contributed by atoms with Crippen molar-refractivity contribution in [3.8, 4) is 0 Å². The molecule has 16 heavy (non-hydrogen) atoms. The van der Waals surface area contributed by atoms with Gasteiger partial charge in [0.2, 0.25) is 0 Å². The molecule has 3 nitrogen and oxygen atoms in total. The highest BCUT2D eigenvalue weighted by Gasteiger charge is 2.23. The lowest BCUT2D eigenvalue weighted by Crippen LogP contribution is -2.16. The molecule has 6 heteroatoms. The average Bonchev–Trinajstić information content (AvgIpc) is 2.58. The van der Waals surface area contributed by atoms with Crippen LogP contribution in [-0.2, 0) is 12.4 Å². The number of hydrogen-bond acceptors (Lipinski definition) is 2. The third-order valence-corrected chi connectivity index (χ3v) is 3.41. The SMILES string of the molecule is FC(F)c1c(CCl)nnn1CCC1CCC1. The van der Waals surface area contributed by atoms with Crippen LogP contribution in [0.15, 0.2) is 0 Å². The molecule has 0 radical (unpaired) electrons. The molecule has 0 aromatic carbocycles. The van der Waals surface area contributed by atoms with Gasteiger partial charge in [0, 0.05) is 6.54 Å². The monoisotopic (exact) mass is 249 g/mol. The van der Waals surface area contributed by atoms with Crippen LogP contribution in [0.1, 0.15) is 43.5 Å². The van der Waals surface area contributed by atoms with Gasteiger partial charge in [-0.1, -0.05) is 24.5 Å². The molecule has 2 rings (SSSR count). The number of halogens is 3. The van der Waals surface area contributed by atoms with Crippen molar-refractivity contribution in [2.75, 3.05) is 0 Å². The van der Waals surface area contributed by atoms with Crippen molar-refractivity contribution < 1.29 is 8.78 Å². The Labute approximate surface area is 97.8 Å². The van der Waals surface area contributed by atoms with Crippen LogP contribution in [0.3, 0.4) is 0 Å². The first-order valence-electron chi connectivity index (χ1n) is 5.48. The molecule has 1 aromatic rings. The van der Waals surface area contributed by atoms with E-state index in [2.05, 4.69) is 10.3 Å². The molecule has 0 unspecified atom stereocenters. The first-order valence-corrected chi connectivity index (χ1v) is 6.02. The van der Waals surface area contributed by atoms with E-state index in [9.17, 15) is 8.78 Å². The van der Waals surface area contributed by atoms with Crippen LogP contribution in [0.5, 0.6) is 0 Å². The molecule has 1 heterocycles. The van der Waals surface area contributed by atoms with Crippen molar-refractivity contribution in [2.45, 2.75) is 44.5 Å². The van der Waals surface area contributed by atoms with Gasteiger partial charge in [0.15, 0.2) is 0 Å². The zero-order valence-corrected chi connectivity index (χ0v) is 9.63. The van der Waals surface area contributed by atoms with Crippen LogP contribution in [0.2, 0.25) is 0 Å². The van der Waals surface area contributed by atoms with Gasteiger partial charge < -0.3 is 0 Å². The van der Waals surface area contributed by atoms with Crippen molar-refractivity contribution in [2.24, 2.45) is 5.92 Å². The highest BCUT2D eigenvalue weighted by molar-refractivity contribution is 6.16. The molecule has 0 saturated heterocycles. The van der Waals surface area contributed by atoms with Gasteiger partial charge in [-0.2, -0.15) is 0 Å². The van der Waals surface area contributed by atoms with Crippen molar-refractivity contribution in [3.63, 3.8) is 0 Å². The van der Waals surface area contributed by atoms with Crippen LogP contribution in [-0.4, -0.2) is 15.0 Å². The number of alkyl halides is 3. The van der Waals surface area contributed by atoms with Gasteiger partial charge >= 0.3 is 0 Å². The molecule has 0 atom stereocenters. The summed E-state index contributed by atoms with van der Waals surface area (Å²) in [5.74, 6) is 0.664. The predicted octanol–water partition coefficient (Wildman–Crippen LogP) is 3.14. The van der Waals surface area contributed by atoms with Crippen molar-refractivity contribution in [1.82, 2.24) is 15.0 Å². The lowest BCUT2D eigenvalue weighted by molar-refractivity contribution is 0.136. The van der Waals surface area contributed by atoms with E-state index in [1.165, 1.54) is 23.9 Å². The minimum atomic E-state index is -2.55. The number of rotatable bonds is 5. The number of aromatic nitrogens is 3. The first kappa shape index (κ1) is 11.8. The Kier molecular flexibility index (Phi) is 3.74. The molecular weight excluding hydrogens is 236 g/mol. The highest BCUT2D eigenvalue weighted by Crippen LogP contribution is 2.30. The Morgan fingerprint density at radius 2 is 2.19 bits per heavy atom. The van der Waals surface area contributed by atoms with E-state index in [4.69, 9.17) is 11.6 Å². The fraction of sp³-hybridized carbons (Fsp3) is 0.800. The fourth-order valence-corrected chi connectivity index (χ4v) is 2.13. The maximum absolute atomic E-state index is 12.8. The lowest BCUT2D eigenvalue weighted by atomic mass is 9.83. The number of hydrogen-bond donors (Lipinski definition) is 0. The molecule has 1 aliphatic rings. The van der Waals surface area contributed by atoms with Gasteiger partial charge in [0.1, 0.15) is 11.4 Å². The summed E-state index contributed by atoms with van der Waals surface area (Å²) in [7, 11) is 0. The minimum Gasteiger partial charge on any atom is -0.243 e. The maximum Gasteiger partial charge on any atom is 0.281 e. The van der Waals surface area contributed by atoms with Crippen LogP contribution in [0.25, 0.3) is 0 Å². The van der Waals surface area contributed by atoms with Crippen LogP contribution in [0, 0.1) is 5.92 Å². The Morgan fingerprint density at radius 3 is 2.69 bits per heavy atom. The molecule has 0 bridgehead atoms. The second-order valence-corrected chi connectivity index (χ2v) is 4.43. The summed E-state index contributed by atoms with van der Waals surface area (Å²) in [6.45, 7) is 0.522. The smallest absolute Gasteiger partial charge is 0.243 e.